The quantitative estimate of drug-likeness (QED) is 0.767. The Kier molecular flexibility index (Phi) is 6.28. The summed E-state index contributed by atoms with van der Waals surface area (Å²) in [6.07, 6.45) is 2.86. The van der Waals surface area contributed by atoms with Gasteiger partial charge in [0.1, 0.15) is 0 Å². The molecule has 19 heavy (non-hydrogen) atoms. The van der Waals surface area contributed by atoms with Crippen molar-refractivity contribution in [2.24, 2.45) is 5.92 Å². The molecule has 1 aliphatic heterocycles. The lowest BCUT2D eigenvalue weighted by Gasteiger charge is -2.41. The minimum absolute atomic E-state index is 0.00649. The fourth-order valence-corrected chi connectivity index (χ4v) is 2.79. The number of nitrogens with zero attached hydrogens (tertiary/aromatic N) is 1. The predicted molar refractivity (Wildman–Crippen MR) is 73.9 cm³/mol. The Balaban J connectivity index is 2.60. The summed E-state index contributed by atoms with van der Waals surface area (Å²) in [6, 6.07) is 0.628. The molecular weight excluding hydrogens is 244 g/mol. The number of carbonyl (C=O) groups excluding carboxylic acids is 1. The molecule has 0 radical (unpaired) electrons. The van der Waals surface area contributed by atoms with E-state index in [0.29, 0.717) is 18.4 Å². The molecule has 1 aliphatic rings. The molecule has 0 spiro atoms. The van der Waals surface area contributed by atoms with E-state index in [-0.39, 0.29) is 18.4 Å². The molecule has 1 saturated heterocycles. The van der Waals surface area contributed by atoms with Crippen molar-refractivity contribution in [3.05, 3.63) is 0 Å². The van der Waals surface area contributed by atoms with Crippen LogP contribution in [-0.4, -0.2) is 47.1 Å². The third-order valence-corrected chi connectivity index (χ3v) is 3.95. The molecule has 1 amide bonds. The van der Waals surface area contributed by atoms with E-state index in [4.69, 9.17) is 5.11 Å². The largest absolute Gasteiger partial charge is 0.481 e. The molecule has 0 aromatic heterocycles. The lowest BCUT2D eigenvalue weighted by molar-refractivity contribution is -0.137. The highest BCUT2D eigenvalue weighted by Crippen LogP contribution is 2.23. The van der Waals surface area contributed by atoms with Crippen LogP contribution in [0, 0.1) is 5.92 Å². The van der Waals surface area contributed by atoms with E-state index in [2.05, 4.69) is 24.1 Å². The smallest absolute Gasteiger partial charge is 0.303 e. The Morgan fingerprint density at radius 2 is 2.11 bits per heavy atom. The Morgan fingerprint density at radius 3 is 2.63 bits per heavy atom. The monoisotopic (exact) mass is 270 g/mol. The highest BCUT2D eigenvalue weighted by molar-refractivity contribution is 5.73. The van der Waals surface area contributed by atoms with Gasteiger partial charge in [-0.15, -0.1) is 0 Å². The van der Waals surface area contributed by atoms with Gasteiger partial charge in [0, 0.05) is 38.5 Å². The van der Waals surface area contributed by atoms with E-state index >= 15 is 0 Å². The normalized spacial score (nSPS) is 25.8. The fraction of sp³-hybridized carbons (Fsp3) is 0.857. The van der Waals surface area contributed by atoms with Gasteiger partial charge in [0.25, 0.3) is 0 Å². The van der Waals surface area contributed by atoms with Crippen molar-refractivity contribution in [1.82, 2.24) is 10.2 Å². The molecule has 0 aromatic rings. The maximum atomic E-state index is 11.2. The van der Waals surface area contributed by atoms with Crippen LogP contribution in [0.25, 0.3) is 0 Å². The zero-order valence-electron chi connectivity index (χ0n) is 12.2. The zero-order chi connectivity index (χ0) is 14.4. The summed E-state index contributed by atoms with van der Waals surface area (Å²) in [5.74, 6) is -0.388. The predicted octanol–water partition coefficient (Wildman–Crippen LogP) is 1.48. The minimum Gasteiger partial charge on any atom is -0.481 e. The van der Waals surface area contributed by atoms with Crippen LogP contribution in [-0.2, 0) is 9.59 Å². The van der Waals surface area contributed by atoms with Crippen molar-refractivity contribution in [2.75, 3.05) is 13.1 Å². The first kappa shape index (κ1) is 16.0. The second kappa shape index (κ2) is 7.48. The fourth-order valence-electron chi connectivity index (χ4n) is 2.79. The van der Waals surface area contributed by atoms with Gasteiger partial charge in [-0.3, -0.25) is 14.5 Å². The van der Waals surface area contributed by atoms with Gasteiger partial charge in [-0.1, -0.05) is 6.92 Å². The number of amides is 1. The van der Waals surface area contributed by atoms with Crippen molar-refractivity contribution in [2.45, 2.75) is 58.5 Å². The average Bonchev–Trinajstić information content (AvgIpc) is 2.34. The molecule has 5 nitrogen and oxygen atoms in total. The van der Waals surface area contributed by atoms with Crippen LogP contribution in [0.15, 0.2) is 0 Å². The van der Waals surface area contributed by atoms with Gasteiger partial charge in [0.05, 0.1) is 0 Å². The second-order valence-electron chi connectivity index (χ2n) is 5.64. The molecular formula is C14H26N2O3. The van der Waals surface area contributed by atoms with Gasteiger partial charge >= 0.3 is 5.97 Å². The van der Waals surface area contributed by atoms with Crippen LogP contribution < -0.4 is 5.32 Å². The Morgan fingerprint density at radius 1 is 1.42 bits per heavy atom. The first-order valence-corrected chi connectivity index (χ1v) is 7.15. The number of aliphatic carboxylic acids is 1. The van der Waals surface area contributed by atoms with Crippen LogP contribution in [0.3, 0.4) is 0 Å². The van der Waals surface area contributed by atoms with E-state index in [1.165, 1.54) is 6.92 Å². The van der Waals surface area contributed by atoms with Crippen molar-refractivity contribution in [1.29, 1.82) is 0 Å². The van der Waals surface area contributed by atoms with E-state index < -0.39 is 5.97 Å². The van der Waals surface area contributed by atoms with E-state index in [0.717, 1.165) is 25.9 Å². The Hall–Kier alpha value is -1.10. The second-order valence-corrected chi connectivity index (χ2v) is 5.64. The summed E-state index contributed by atoms with van der Waals surface area (Å²) in [5.41, 5.74) is 0. The van der Waals surface area contributed by atoms with Gasteiger partial charge in [-0.2, -0.15) is 0 Å². The van der Waals surface area contributed by atoms with Crippen molar-refractivity contribution >= 4 is 11.9 Å². The summed E-state index contributed by atoms with van der Waals surface area (Å²) < 4.78 is 0. The number of carbonyl (C=O) groups is 2. The minimum atomic E-state index is -0.739. The summed E-state index contributed by atoms with van der Waals surface area (Å²) in [6.45, 7) is 7.69. The van der Waals surface area contributed by atoms with E-state index in [9.17, 15) is 9.59 Å². The van der Waals surface area contributed by atoms with Crippen LogP contribution in [0.5, 0.6) is 0 Å². The Labute approximate surface area is 115 Å². The molecule has 3 unspecified atom stereocenters. The van der Waals surface area contributed by atoms with Crippen LogP contribution in [0.1, 0.15) is 46.5 Å². The first-order chi connectivity index (χ1) is 8.92. The van der Waals surface area contributed by atoms with Crippen LogP contribution >= 0.6 is 0 Å². The molecule has 0 bridgehead atoms. The highest BCUT2D eigenvalue weighted by atomic mass is 16.4. The molecule has 110 valence electrons. The van der Waals surface area contributed by atoms with Gasteiger partial charge in [-0.25, -0.2) is 0 Å². The van der Waals surface area contributed by atoms with Gasteiger partial charge in [0.2, 0.25) is 5.91 Å². The average molecular weight is 270 g/mol. The molecule has 1 heterocycles. The number of carboxylic acids is 1. The van der Waals surface area contributed by atoms with Crippen molar-refractivity contribution < 1.29 is 14.7 Å². The number of carboxylic acid groups (broad SMARTS) is 1. The zero-order valence-corrected chi connectivity index (χ0v) is 12.2. The summed E-state index contributed by atoms with van der Waals surface area (Å²) in [4.78, 5) is 24.3. The van der Waals surface area contributed by atoms with Gasteiger partial charge in [-0.05, 0) is 32.1 Å². The lowest BCUT2D eigenvalue weighted by Crippen LogP contribution is -2.52. The SMILES string of the molecule is CCC(C)N1CC(CCC(=O)O)CC(NC(C)=O)C1. The number of piperidine rings is 1. The third kappa shape index (κ3) is 5.59. The molecule has 0 aromatic carbocycles. The standard InChI is InChI=1S/C14H26N2O3/c1-4-10(2)16-8-12(5-6-14(18)19)7-13(9-16)15-11(3)17/h10,12-13H,4-9H2,1-3H3,(H,15,17)(H,18,19). The molecule has 0 saturated carbocycles. The van der Waals surface area contributed by atoms with Crippen molar-refractivity contribution in [3.63, 3.8) is 0 Å². The lowest BCUT2D eigenvalue weighted by atomic mass is 9.89. The van der Waals surface area contributed by atoms with Crippen LogP contribution in [0.2, 0.25) is 0 Å². The number of hydrogen-bond acceptors (Lipinski definition) is 3. The van der Waals surface area contributed by atoms with Gasteiger partial charge < -0.3 is 10.4 Å². The van der Waals surface area contributed by atoms with Crippen molar-refractivity contribution in [3.8, 4) is 0 Å². The van der Waals surface area contributed by atoms with E-state index in [1.54, 1.807) is 0 Å². The molecule has 0 aliphatic carbocycles. The van der Waals surface area contributed by atoms with Gasteiger partial charge in [0.15, 0.2) is 0 Å². The summed E-state index contributed by atoms with van der Waals surface area (Å²) >= 11 is 0. The maximum absolute atomic E-state index is 11.2. The molecule has 1 fully saturated rings. The highest BCUT2D eigenvalue weighted by Gasteiger charge is 2.29. The topological polar surface area (TPSA) is 69.6 Å². The third-order valence-electron chi connectivity index (χ3n) is 3.95. The number of nitrogens with one attached hydrogen (secondary N) is 1. The molecule has 3 atom stereocenters. The van der Waals surface area contributed by atoms with Crippen LogP contribution in [0.4, 0.5) is 0 Å². The molecule has 1 rings (SSSR count). The molecule has 2 N–H and O–H groups in total. The number of likely N-dealkylation sites (tertiary alicyclic amines) is 1. The summed E-state index contributed by atoms with van der Waals surface area (Å²) in [5, 5.41) is 11.8. The molecule has 5 heteroatoms. The number of rotatable bonds is 6. The summed E-state index contributed by atoms with van der Waals surface area (Å²) in [7, 11) is 0. The Bertz CT molecular complexity index is 320. The number of hydrogen-bond donors (Lipinski definition) is 2. The van der Waals surface area contributed by atoms with E-state index in [1.807, 2.05) is 0 Å². The maximum Gasteiger partial charge on any atom is 0.303 e. The first-order valence-electron chi connectivity index (χ1n) is 7.15.